The highest BCUT2D eigenvalue weighted by molar-refractivity contribution is 6.30. The Morgan fingerprint density at radius 1 is 1.11 bits per heavy atom. The summed E-state index contributed by atoms with van der Waals surface area (Å²) >= 11 is 6.41. The summed E-state index contributed by atoms with van der Waals surface area (Å²) in [5, 5.41) is 3.03. The van der Waals surface area contributed by atoms with Crippen molar-refractivity contribution in [3.05, 3.63) is 52.6 Å². The van der Waals surface area contributed by atoms with E-state index in [1.54, 1.807) is 60.0 Å². The molecule has 0 saturated carbocycles. The first-order valence-electron chi connectivity index (χ1n) is 12.1. The molecule has 1 N–H and O–H groups in total. The van der Waals surface area contributed by atoms with Gasteiger partial charge in [0.1, 0.15) is 27.6 Å². The number of fused-ring (bicyclic) bond motifs is 1. The van der Waals surface area contributed by atoms with Crippen LogP contribution >= 0.6 is 11.6 Å². The van der Waals surface area contributed by atoms with E-state index in [-0.39, 0.29) is 17.7 Å². The van der Waals surface area contributed by atoms with Gasteiger partial charge in [0, 0.05) is 36.5 Å². The van der Waals surface area contributed by atoms with E-state index < -0.39 is 23.4 Å². The van der Waals surface area contributed by atoms with Gasteiger partial charge < -0.3 is 19.2 Å². The van der Waals surface area contributed by atoms with Crippen LogP contribution in [0.5, 0.6) is 0 Å². The van der Waals surface area contributed by atoms with Crippen molar-refractivity contribution in [2.45, 2.75) is 85.6 Å². The van der Waals surface area contributed by atoms with E-state index in [1.807, 2.05) is 26.0 Å². The lowest BCUT2D eigenvalue weighted by molar-refractivity contribution is 0.0505. The molecule has 1 atom stereocenters. The highest BCUT2D eigenvalue weighted by atomic mass is 35.5. The fourth-order valence-electron chi connectivity index (χ4n) is 3.65. The summed E-state index contributed by atoms with van der Waals surface area (Å²) in [7, 11) is 0. The van der Waals surface area contributed by atoms with Crippen LogP contribution in [0.1, 0.15) is 65.4 Å². The number of halogens is 1. The SMILES string of the molecule is Cc1c(CC(C)NC(=O)OC(C)(C)C)oc2c(N(Cc3ccncc3)C(=O)OC(C)(C)C)cc(Cl)nc12. The Kier molecular flexibility index (Phi) is 8.37. The third kappa shape index (κ3) is 7.82. The number of nitrogens with zero attached hydrogens (tertiary/aromatic N) is 3. The largest absolute Gasteiger partial charge is 0.457 e. The Balaban J connectivity index is 1.99. The predicted octanol–water partition coefficient (Wildman–Crippen LogP) is 6.58. The molecule has 0 fully saturated rings. The molecule has 0 bridgehead atoms. The summed E-state index contributed by atoms with van der Waals surface area (Å²) in [4.78, 5) is 35.6. The molecule has 0 aliphatic carbocycles. The van der Waals surface area contributed by atoms with E-state index in [4.69, 9.17) is 25.5 Å². The molecule has 9 nitrogen and oxygen atoms in total. The third-order valence-corrected chi connectivity index (χ3v) is 5.36. The van der Waals surface area contributed by atoms with Gasteiger partial charge in [0.15, 0.2) is 5.58 Å². The first-order valence-corrected chi connectivity index (χ1v) is 12.5. The highest BCUT2D eigenvalue weighted by Gasteiger charge is 2.29. The van der Waals surface area contributed by atoms with Gasteiger partial charge in [-0.15, -0.1) is 0 Å². The van der Waals surface area contributed by atoms with Crippen LogP contribution in [0.25, 0.3) is 11.1 Å². The molecule has 0 spiro atoms. The monoisotopic (exact) mass is 530 g/mol. The molecule has 0 aromatic carbocycles. The second kappa shape index (κ2) is 11.0. The van der Waals surface area contributed by atoms with Crippen LogP contribution in [0.4, 0.5) is 15.3 Å². The van der Waals surface area contributed by atoms with Crippen molar-refractivity contribution in [3.8, 4) is 0 Å². The van der Waals surface area contributed by atoms with Gasteiger partial charge in [0.25, 0.3) is 0 Å². The van der Waals surface area contributed by atoms with Crippen LogP contribution in [0.2, 0.25) is 5.15 Å². The van der Waals surface area contributed by atoms with E-state index in [0.29, 0.717) is 29.0 Å². The summed E-state index contributed by atoms with van der Waals surface area (Å²) in [5.41, 5.74) is 1.67. The van der Waals surface area contributed by atoms with Crippen molar-refractivity contribution >= 4 is 40.6 Å². The zero-order valence-electron chi connectivity index (χ0n) is 22.6. The van der Waals surface area contributed by atoms with Crippen molar-refractivity contribution in [2.75, 3.05) is 4.90 Å². The first-order chi connectivity index (χ1) is 17.1. The number of ether oxygens (including phenoxy) is 2. The summed E-state index contributed by atoms with van der Waals surface area (Å²) in [6, 6.07) is 4.94. The van der Waals surface area contributed by atoms with Crippen molar-refractivity contribution in [1.29, 1.82) is 0 Å². The number of rotatable bonds is 6. The van der Waals surface area contributed by atoms with Crippen LogP contribution in [-0.2, 0) is 22.4 Å². The predicted molar refractivity (Wildman–Crippen MR) is 143 cm³/mol. The number of pyridine rings is 2. The molecule has 2 amide bonds. The number of alkyl carbamates (subject to hydrolysis) is 1. The van der Waals surface area contributed by atoms with E-state index in [2.05, 4.69) is 15.3 Å². The molecule has 0 saturated heterocycles. The molecule has 3 aromatic heterocycles. The Labute approximate surface area is 222 Å². The minimum Gasteiger partial charge on any atom is -0.457 e. The van der Waals surface area contributed by atoms with Crippen molar-refractivity contribution in [2.24, 2.45) is 0 Å². The maximum atomic E-state index is 13.3. The number of aryl methyl sites for hydroxylation is 1. The van der Waals surface area contributed by atoms with Gasteiger partial charge in [-0.1, -0.05) is 11.6 Å². The smallest absolute Gasteiger partial charge is 0.415 e. The number of nitrogens with one attached hydrogen (secondary N) is 1. The molecular formula is C27H35ClN4O5. The molecule has 1 unspecified atom stereocenters. The number of hydrogen-bond donors (Lipinski definition) is 1. The molecule has 37 heavy (non-hydrogen) atoms. The number of furan rings is 1. The summed E-state index contributed by atoms with van der Waals surface area (Å²) in [5.74, 6) is 0.614. The Morgan fingerprint density at radius 2 is 1.73 bits per heavy atom. The van der Waals surface area contributed by atoms with Crippen LogP contribution < -0.4 is 10.2 Å². The minimum absolute atomic E-state index is 0.207. The van der Waals surface area contributed by atoms with Gasteiger partial charge in [-0.3, -0.25) is 9.88 Å². The normalized spacial score (nSPS) is 12.8. The second-order valence-corrected chi connectivity index (χ2v) is 11.4. The van der Waals surface area contributed by atoms with Gasteiger partial charge >= 0.3 is 12.2 Å². The van der Waals surface area contributed by atoms with Crippen LogP contribution in [0.15, 0.2) is 35.0 Å². The molecular weight excluding hydrogens is 496 g/mol. The van der Waals surface area contributed by atoms with Crippen LogP contribution in [0, 0.1) is 6.92 Å². The molecule has 3 heterocycles. The van der Waals surface area contributed by atoms with Gasteiger partial charge in [-0.25, -0.2) is 14.6 Å². The maximum absolute atomic E-state index is 13.3. The summed E-state index contributed by atoms with van der Waals surface area (Å²) in [6.07, 6.45) is 2.64. The first kappa shape index (κ1) is 28.2. The lowest BCUT2D eigenvalue weighted by atomic mass is 10.1. The van der Waals surface area contributed by atoms with Gasteiger partial charge in [-0.2, -0.15) is 0 Å². The lowest BCUT2D eigenvalue weighted by Gasteiger charge is -2.27. The second-order valence-electron chi connectivity index (χ2n) is 11.0. The topological polar surface area (TPSA) is 107 Å². The molecule has 3 aromatic rings. The van der Waals surface area contributed by atoms with Gasteiger partial charge in [0.05, 0.1) is 12.2 Å². The fourth-order valence-corrected chi connectivity index (χ4v) is 3.83. The van der Waals surface area contributed by atoms with Gasteiger partial charge in [-0.05, 0) is 73.1 Å². The van der Waals surface area contributed by atoms with Crippen LogP contribution in [0.3, 0.4) is 0 Å². The Bertz CT molecular complexity index is 1260. The fraction of sp³-hybridized carbons (Fsp3) is 0.481. The van der Waals surface area contributed by atoms with E-state index >= 15 is 0 Å². The number of carbonyl (C=O) groups excluding carboxylic acids is 2. The molecule has 200 valence electrons. The number of hydrogen-bond acceptors (Lipinski definition) is 7. The molecule has 0 aliphatic rings. The number of carbonyl (C=O) groups is 2. The quantitative estimate of drug-likeness (QED) is 0.358. The average Bonchev–Trinajstić information content (AvgIpc) is 3.04. The standard InChI is InChI=1S/C27H35ClN4O5/c1-16(30-24(33)36-26(3,4)5)13-20-17(2)22-23(35-20)19(14-21(28)31-22)32(25(34)37-27(6,7)8)15-18-9-11-29-12-10-18/h9-12,14,16H,13,15H2,1-8H3,(H,30,33). The zero-order valence-corrected chi connectivity index (χ0v) is 23.4. The molecule has 0 radical (unpaired) electrons. The minimum atomic E-state index is -0.712. The van der Waals surface area contributed by atoms with Crippen molar-refractivity contribution in [3.63, 3.8) is 0 Å². The molecule has 10 heteroatoms. The summed E-state index contributed by atoms with van der Waals surface area (Å²) in [6.45, 7) is 14.8. The third-order valence-electron chi connectivity index (χ3n) is 5.17. The van der Waals surface area contributed by atoms with E-state index in [9.17, 15) is 9.59 Å². The van der Waals surface area contributed by atoms with Crippen LogP contribution in [-0.4, -0.2) is 39.4 Å². The van der Waals surface area contributed by atoms with E-state index in [0.717, 1.165) is 11.1 Å². The lowest BCUT2D eigenvalue weighted by Crippen LogP contribution is -2.38. The number of amides is 2. The highest BCUT2D eigenvalue weighted by Crippen LogP contribution is 2.36. The average molecular weight is 531 g/mol. The van der Waals surface area contributed by atoms with Gasteiger partial charge in [0.2, 0.25) is 0 Å². The van der Waals surface area contributed by atoms with Crippen molar-refractivity contribution < 1.29 is 23.5 Å². The number of aromatic nitrogens is 2. The zero-order chi connectivity index (χ0) is 27.5. The Hall–Kier alpha value is -3.33. The van der Waals surface area contributed by atoms with Crippen molar-refractivity contribution in [1.82, 2.24) is 15.3 Å². The molecule has 0 aliphatic heterocycles. The van der Waals surface area contributed by atoms with E-state index in [1.165, 1.54) is 4.90 Å². The molecule has 3 rings (SSSR count). The Morgan fingerprint density at radius 3 is 2.32 bits per heavy atom. The maximum Gasteiger partial charge on any atom is 0.415 e. The number of anilines is 1. The summed E-state index contributed by atoms with van der Waals surface area (Å²) < 4.78 is 17.3.